The van der Waals surface area contributed by atoms with Crippen molar-refractivity contribution in [2.75, 3.05) is 23.3 Å². The molecule has 2 aromatic carbocycles. The Morgan fingerprint density at radius 3 is 2.43 bits per heavy atom. The number of hydrogen-bond acceptors (Lipinski definition) is 3. The molecule has 0 aliphatic carbocycles. The lowest BCUT2D eigenvalue weighted by atomic mass is 10.0. The monoisotopic (exact) mass is 378 g/mol. The highest BCUT2D eigenvalue weighted by molar-refractivity contribution is 5.53. The molecular formula is C23H27FN4. The van der Waals surface area contributed by atoms with Gasteiger partial charge in [0.15, 0.2) is 0 Å². The Morgan fingerprint density at radius 2 is 1.71 bits per heavy atom. The average molecular weight is 378 g/mol. The van der Waals surface area contributed by atoms with Crippen molar-refractivity contribution in [1.82, 2.24) is 9.78 Å². The highest BCUT2D eigenvalue weighted by atomic mass is 19.1. The summed E-state index contributed by atoms with van der Waals surface area (Å²) in [4.78, 5) is 2.32. The molecule has 2 heterocycles. The third-order valence-corrected chi connectivity index (χ3v) is 5.65. The van der Waals surface area contributed by atoms with Crippen LogP contribution in [0, 0.1) is 26.6 Å². The first kappa shape index (κ1) is 18.5. The Labute approximate surface area is 166 Å². The van der Waals surface area contributed by atoms with E-state index in [2.05, 4.69) is 54.3 Å². The van der Waals surface area contributed by atoms with Gasteiger partial charge in [-0.3, -0.25) is 0 Å². The van der Waals surface area contributed by atoms with Crippen LogP contribution in [0.2, 0.25) is 0 Å². The van der Waals surface area contributed by atoms with Gasteiger partial charge in [-0.1, -0.05) is 12.1 Å². The molecule has 0 unspecified atom stereocenters. The zero-order valence-electron chi connectivity index (χ0n) is 16.7. The molecule has 1 N–H and O–H groups in total. The number of benzene rings is 2. The lowest BCUT2D eigenvalue weighted by molar-refractivity contribution is 0.526. The molecule has 1 aliphatic heterocycles. The zero-order valence-corrected chi connectivity index (χ0v) is 16.7. The summed E-state index contributed by atoms with van der Waals surface area (Å²) in [5.41, 5.74) is 6.92. The topological polar surface area (TPSA) is 33.1 Å². The van der Waals surface area contributed by atoms with E-state index in [1.165, 1.54) is 23.3 Å². The molecule has 1 fully saturated rings. The first-order valence-corrected chi connectivity index (χ1v) is 9.90. The lowest BCUT2D eigenvalue weighted by Crippen LogP contribution is -2.39. The van der Waals surface area contributed by atoms with Crippen molar-refractivity contribution in [3.05, 3.63) is 71.3 Å². The number of nitrogens with zero attached hydrogens (tertiary/aromatic N) is 3. The standard InChI is InChI=1S/C23H27FN4/c1-16-4-5-17(2)23(14-16)28-18(3)22(15-25-28)26-20-10-12-27(13-11-20)21-8-6-19(24)7-9-21/h4-9,14-15,20,26H,10-13H2,1-3H3. The largest absolute Gasteiger partial charge is 0.379 e. The molecule has 1 aliphatic rings. The van der Waals surface area contributed by atoms with Gasteiger partial charge in [0.25, 0.3) is 0 Å². The van der Waals surface area contributed by atoms with Gasteiger partial charge in [-0.05, 0) is 75.1 Å². The Morgan fingerprint density at radius 1 is 1.00 bits per heavy atom. The molecule has 0 bridgehead atoms. The van der Waals surface area contributed by atoms with Gasteiger partial charge in [-0.25, -0.2) is 9.07 Å². The third-order valence-electron chi connectivity index (χ3n) is 5.65. The number of rotatable bonds is 4. The molecule has 0 amide bonds. The molecule has 1 aromatic heterocycles. The molecule has 0 saturated carbocycles. The number of piperidine rings is 1. The van der Waals surface area contributed by atoms with Crippen molar-refractivity contribution in [2.24, 2.45) is 0 Å². The molecule has 5 heteroatoms. The van der Waals surface area contributed by atoms with E-state index >= 15 is 0 Å². The maximum Gasteiger partial charge on any atom is 0.123 e. The van der Waals surface area contributed by atoms with E-state index in [-0.39, 0.29) is 5.82 Å². The van der Waals surface area contributed by atoms with Gasteiger partial charge in [-0.2, -0.15) is 5.10 Å². The van der Waals surface area contributed by atoms with E-state index < -0.39 is 0 Å². The lowest BCUT2D eigenvalue weighted by Gasteiger charge is -2.34. The predicted molar refractivity (Wildman–Crippen MR) is 113 cm³/mol. The Hall–Kier alpha value is -2.82. The highest BCUT2D eigenvalue weighted by Crippen LogP contribution is 2.26. The Balaban J connectivity index is 1.43. The minimum absolute atomic E-state index is 0.184. The van der Waals surface area contributed by atoms with Gasteiger partial charge in [-0.15, -0.1) is 0 Å². The summed E-state index contributed by atoms with van der Waals surface area (Å²) in [5, 5.41) is 8.32. The minimum atomic E-state index is -0.184. The van der Waals surface area contributed by atoms with Crippen LogP contribution in [-0.4, -0.2) is 28.9 Å². The van der Waals surface area contributed by atoms with Gasteiger partial charge in [0, 0.05) is 24.8 Å². The van der Waals surface area contributed by atoms with Crippen molar-refractivity contribution in [2.45, 2.75) is 39.7 Å². The molecular weight excluding hydrogens is 351 g/mol. The molecule has 4 nitrogen and oxygen atoms in total. The Bertz CT molecular complexity index is 953. The smallest absolute Gasteiger partial charge is 0.123 e. The maximum absolute atomic E-state index is 13.1. The van der Waals surface area contributed by atoms with E-state index in [1.807, 2.05) is 23.0 Å². The van der Waals surface area contributed by atoms with Gasteiger partial charge >= 0.3 is 0 Å². The number of halogens is 1. The molecule has 0 spiro atoms. The van der Waals surface area contributed by atoms with Crippen LogP contribution in [0.15, 0.2) is 48.7 Å². The maximum atomic E-state index is 13.1. The summed E-state index contributed by atoms with van der Waals surface area (Å²) < 4.78 is 15.2. The minimum Gasteiger partial charge on any atom is -0.379 e. The van der Waals surface area contributed by atoms with Crippen molar-refractivity contribution in [3.63, 3.8) is 0 Å². The summed E-state index contributed by atoms with van der Waals surface area (Å²) in [7, 11) is 0. The van der Waals surface area contributed by atoms with Crippen molar-refractivity contribution in [3.8, 4) is 5.69 Å². The second-order valence-corrected chi connectivity index (χ2v) is 7.73. The van der Waals surface area contributed by atoms with Crippen LogP contribution in [0.4, 0.5) is 15.8 Å². The van der Waals surface area contributed by atoms with Crippen LogP contribution in [-0.2, 0) is 0 Å². The van der Waals surface area contributed by atoms with Crippen LogP contribution in [0.3, 0.4) is 0 Å². The molecule has 4 rings (SSSR count). The van der Waals surface area contributed by atoms with E-state index in [9.17, 15) is 4.39 Å². The van der Waals surface area contributed by atoms with Gasteiger partial charge in [0.2, 0.25) is 0 Å². The SMILES string of the molecule is Cc1ccc(C)c(-n2ncc(NC3CCN(c4ccc(F)cc4)CC3)c2C)c1. The number of nitrogens with one attached hydrogen (secondary N) is 1. The molecule has 28 heavy (non-hydrogen) atoms. The van der Waals surface area contributed by atoms with Crippen LogP contribution >= 0.6 is 0 Å². The average Bonchev–Trinajstić information content (AvgIpc) is 3.05. The quantitative estimate of drug-likeness (QED) is 0.692. The van der Waals surface area contributed by atoms with Crippen LogP contribution in [0.5, 0.6) is 0 Å². The number of aromatic nitrogens is 2. The number of hydrogen-bond donors (Lipinski definition) is 1. The van der Waals surface area contributed by atoms with Gasteiger partial charge in [0.1, 0.15) is 5.82 Å². The number of anilines is 2. The van der Waals surface area contributed by atoms with Crippen LogP contribution in [0.25, 0.3) is 5.69 Å². The predicted octanol–water partition coefficient (Wildman–Crippen LogP) is 5.02. The summed E-state index contributed by atoms with van der Waals surface area (Å²) in [6.45, 7) is 8.27. The molecule has 0 radical (unpaired) electrons. The van der Waals surface area contributed by atoms with Crippen LogP contribution < -0.4 is 10.2 Å². The van der Waals surface area contributed by atoms with E-state index in [1.54, 1.807) is 0 Å². The van der Waals surface area contributed by atoms with Gasteiger partial charge < -0.3 is 10.2 Å². The van der Waals surface area contributed by atoms with Crippen molar-refractivity contribution < 1.29 is 4.39 Å². The number of aryl methyl sites for hydroxylation is 2. The summed E-state index contributed by atoms with van der Waals surface area (Å²) >= 11 is 0. The van der Waals surface area contributed by atoms with Crippen molar-refractivity contribution >= 4 is 11.4 Å². The molecule has 1 saturated heterocycles. The fourth-order valence-electron chi connectivity index (χ4n) is 3.90. The third kappa shape index (κ3) is 3.75. The molecule has 0 atom stereocenters. The summed E-state index contributed by atoms with van der Waals surface area (Å²) in [5.74, 6) is -0.184. The second kappa shape index (κ2) is 7.66. The van der Waals surface area contributed by atoms with Crippen LogP contribution in [0.1, 0.15) is 29.7 Å². The normalized spacial score (nSPS) is 15.1. The Kier molecular flexibility index (Phi) is 5.07. The fourth-order valence-corrected chi connectivity index (χ4v) is 3.90. The fraction of sp³-hybridized carbons (Fsp3) is 0.348. The first-order chi connectivity index (χ1) is 13.5. The van der Waals surface area contributed by atoms with E-state index in [0.29, 0.717) is 6.04 Å². The zero-order chi connectivity index (χ0) is 19.7. The van der Waals surface area contributed by atoms with E-state index in [4.69, 9.17) is 0 Å². The second-order valence-electron chi connectivity index (χ2n) is 7.73. The summed E-state index contributed by atoms with van der Waals surface area (Å²) in [6, 6.07) is 13.7. The first-order valence-electron chi connectivity index (χ1n) is 9.90. The summed E-state index contributed by atoms with van der Waals surface area (Å²) in [6.07, 6.45) is 4.03. The molecule has 146 valence electrons. The highest BCUT2D eigenvalue weighted by Gasteiger charge is 2.21. The van der Waals surface area contributed by atoms with Crippen molar-refractivity contribution in [1.29, 1.82) is 0 Å². The van der Waals surface area contributed by atoms with Gasteiger partial charge in [0.05, 0.1) is 23.3 Å². The molecule has 3 aromatic rings. The van der Waals surface area contributed by atoms with E-state index in [0.717, 1.165) is 48.7 Å².